The standard InChI is InChI=1S/C21H21FN4O6/c1-11-6-7-32-16-10-25-9-14(18(28)19(29)17(25)21(31)26(11)16)20(30)24-23-15(27)8-12-2-4-13(22)5-3-12/h2-5,9,11,16,29H,6-8,10H2,1H3,(H,23,27)(H,24,30)/t11-,16+/m1/s1. The summed E-state index contributed by atoms with van der Waals surface area (Å²) in [6, 6.07) is 5.15. The van der Waals surface area contributed by atoms with E-state index in [4.69, 9.17) is 4.74 Å². The van der Waals surface area contributed by atoms with E-state index in [2.05, 4.69) is 10.9 Å². The number of pyridine rings is 1. The lowest BCUT2D eigenvalue weighted by Crippen LogP contribution is -2.57. The number of rotatable bonds is 3. The molecule has 0 saturated carbocycles. The van der Waals surface area contributed by atoms with Crippen LogP contribution in [0.15, 0.2) is 35.3 Å². The number of hydrazine groups is 1. The Morgan fingerprint density at radius 2 is 1.94 bits per heavy atom. The van der Waals surface area contributed by atoms with E-state index in [9.17, 15) is 28.7 Å². The van der Waals surface area contributed by atoms with Crippen LogP contribution in [0.5, 0.6) is 5.75 Å². The first-order chi connectivity index (χ1) is 15.3. The number of hydrogen-bond acceptors (Lipinski definition) is 6. The van der Waals surface area contributed by atoms with Crippen LogP contribution in [0.4, 0.5) is 4.39 Å². The fraction of sp³-hybridized carbons (Fsp3) is 0.333. The van der Waals surface area contributed by atoms with E-state index in [1.165, 1.54) is 33.7 Å². The second kappa shape index (κ2) is 8.42. The largest absolute Gasteiger partial charge is 0.503 e. The summed E-state index contributed by atoms with van der Waals surface area (Å²) in [5, 5.41) is 10.4. The highest BCUT2D eigenvalue weighted by atomic mass is 19.1. The van der Waals surface area contributed by atoms with Gasteiger partial charge in [0.2, 0.25) is 11.3 Å². The Morgan fingerprint density at radius 3 is 2.66 bits per heavy atom. The van der Waals surface area contributed by atoms with Gasteiger partial charge in [0.1, 0.15) is 11.4 Å². The van der Waals surface area contributed by atoms with Gasteiger partial charge in [-0.2, -0.15) is 0 Å². The summed E-state index contributed by atoms with van der Waals surface area (Å²) in [7, 11) is 0. The molecule has 32 heavy (non-hydrogen) atoms. The molecule has 0 aliphatic carbocycles. The van der Waals surface area contributed by atoms with Gasteiger partial charge in [0.25, 0.3) is 11.8 Å². The number of halogens is 1. The van der Waals surface area contributed by atoms with Gasteiger partial charge in [-0.15, -0.1) is 0 Å². The SMILES string of the molecule is C[C@@H]1CCO[C@H]2Cn3cc(C(=O)NNC(=O)Cc4ccc(F)cc4)c(=O)c(O)c3C(=O)N12. The van der Waals surface area contributed by atoms with Crippen molar-refractivity contribution in [2.24, 2.45) is 0 Å². The van der Waals surface area contributed by atoms with Gasteiger partial charge in [0, 0.05) is 12.2 Å². The van der Waals surface area contributed by atoms with Crippen LogP contribution < -0.4 is 16.3 Å². The molecule has 3 N–H and O–H groups in total. The van der Waals surface area contributed by atoms with Gasteiger partial charge < -0.3 is 19.3 Å². The molecule has 0 radical (unpaired) electrons. The lowest BCUT2D eigenvalue weighted by Gasteiger charge is -2.44. The van der Waals surface area contributed by atoms with Crippen molar-refractivity contribution in [3.05, 3.63) is 63.3 Å². The van der Waals surface area contributed by atoms with E-state index in [0.717, 1.165) is 6.20 Å². The second-order valence-corrected chi connectivity index (χ2v) is 7.70. The van der Waals surface area contributed by atoms with Crippen molar-refractivity contribution in [3.63, 3.8) is 0 Å². The van der Waals surface area contributed by atoms with Crippen LogP contribution in [0.1, 0.15) is 39.8 Å². The molecule has 1 saturated heterocycles. The maximum atomic E-state index is 13.0. The predicted octanol–water partition coefficient (Wildman–Crippen LogP) is 0.287. The van der Waals surface area contributed by atoms with Crippen molar-refractivity contribution in [1.82, 2.24) is 20.3 Å². The van der Waals surface area contributed by atoms with Crippen LogP contribution in [-0.2, 0) is 22.5 Å². The number of hydrogen-bond donors (Lipinski definition) is 3. The van der Waals surface area contributed by atoms with Gasteiger partial charge in [-0.05, 0) is 31.0 Å². The zero-order valence-electron chi connectivity index (χ0n) is 17.1. The zero-order valence-corrected chi connectivity index (χ0v) is 17.1. The Hall–Kier alpha value is -3.73. The highest BCUT2D eigenvalue weighted by Crippen LogP contribution is 2.29. The van der Waals surface area contributed by atoms with Crippen molar-refractivity contribution in [2.45, 2.75) is 38.6 Å². The maximum absolute atomic E-state index is 13.0. The zero-order chi connectivity index (χ0) is 23.0. The molecule has 2 atom stereocenters. The van der Waals surface area contributed by atoms with Crippen molar-refractivity contribution in [3.8, 4) is 5.75 Å². The van der Waals surface area contributed by atoms with E-state index in [1.54, 1.807) is 0 Å². The summed E-state index contributed by atoms with van der Waals surface area (Å²) in [4.78, 5) is 51.4. The minimum atomic E-state index is -1.03. The third-order valence-corrected chi connectivity index (χ3v) is 5.52. The molecule has 3 heterocycles. The number of benzene rings is 1. The minimum absolute atomic E-state index is 0.121. The van der Waals surface area contributed by atoms with Crippen LogP contribution in [0, 0.1) is 5.82 Å². The molecule has 3 amide bonds. The third kappa shape index (κ3) is 3.94. The smallest absolute Gasteiger partial charge is 0.276 e. The molecule has 2 aliphatic heterocycles. The number of carbonyl (C=O) groups is 3. The quantitative estimate of drug-likeness (QED) is 0.584. The number of fused-ring (bicyclic) bond motifs is 2. The summed E-state index contributed by atoms with van der Waals surface area (Å²) in [6.07, 6.45) is 1.09. The molecule has 1 aromatic carbocycles. The van der Waals surface area contributed by atoms with Crippen molar-refractivity contribution >= 4 is 17.7 Å². The first kappa shape index (κ1) is 21.5. The molecule has 168 valence electrons. The van der Waals surface area contributed by atoms with Gasteiger partial charge in [-0.1, -0.05) is 12.1 Å². The van der Waals surface area contributed by atoms with E-state index >= 15 is 0 Å². The molecule has 1 aromatic heterocycles. The van der Waals surface area contributed by atoms with Crippen LogP contribution in [-0.4, -0.2) is 51.2 Å². The lowest BCUT2D eigenvalue weighted by atomic mass is 10.1. The van der Waals surface area contributed by atoms with Crippen molar-refractivity contribution < 1.29 is 28.6 Å². The molecular formula is C21H21FN4O6. The van der Waals surface area contributed by atoms with E-state index in [1.807, 2.05) is 6.92 Å². The molecule has 2 aliphatic rings. The molecule has 0 unspecified atom stereocenters. The van der Waals surface area contributed by atoms with Crippen LogP contribution in [0.2, 0.25) is 0 Å². The number of aromatic hydroxyl groups is 1. The summed E-state index contributed by atoms with van der Waals surface area (Å²) in [5.41, 5.74) is 3.13. The summed E-state index contributed by atoms with van der Waals surface area (Å²) in [5.74, 6) is -3.38. The van der Waals surface area contributed by atoms with E-state index in [0.29, 0.717) is 18.6 Å². The molecule has 0 spiro atoms. The fourth-order valence-corrected chi connectivity index (χ4v) is 3.85. The molecule has 2 aromatic rings. The van der Waals surface area contributed by atoms with Crippen LogP contribution in [0.25, 0.3) is 0 Å². The van der Waals surface area contributed by atoms with E-state index in [-0.39, 0.29) is 24.7 Å². The first-order valence-corrected chi connectivity index (χ1v) is 10.0. The van der Waals surface area contributed by atoms with Gasteiger partial charge >= 0.3 is 0 Å². The Labute approximate surface area is 181 Å². The van der Waals surface area contributed by atoms with Gasteiger partial charge in [-0.25, -0.2) is 4.39 Å². The topological polar surface area (TPSA) is 130 Å². The second-order valence-electron chi connectivity index (χ2n) is 7.70. The Bertz CT molecular complexity index is 1150. The summed E-state index contributed by atoms with van der Waals surface area (Å²) < 4.78 is 19.9. The molecular weight excluding hydrogens is 423 g/mol. The highest BCUT2D eigenvalue weighted by Gasteiger charge is 2.41. The number of nitrogens with one attached hydrogen (secondary N) is 2. The molecule has 11 heteroatoms. The number of carbonyl (C=O) groups excluding carboxylic acids is 3. The van der Waals surface area contributed by atoms with Crippen LogP contribution >= 0.6 is 0 Å². The van der Waals surface area contributed by atoms with Gasteiger partial charge in [0.15, 0.2) is 17.7 Å². The number of nitrogens with zero attached hydrogens (tertiary/aromatic N) is 2. The fourth-order valence-electron chi connectivity index (χ4n) is 3.85. The molecule has 0 bridgehead atoms. The Morgan fingerprint density at radius 1 is 1.22 bits per heavy atom. The summed E-state index contributed by atoms with van der Waals surface area (Å²) >= 11 is 0. The van der Waals surface area contributed by atoms with Crippen molar-refractivity contribution in [2.75, 3.05) is 6.61 Å². The Kier molecular flexibility index (Phi) is 5.66. The molecule has 4 rings (SSSR count). The molecule has 10 nitrogen and oxygen atoms in total. The maximum Gasteiger partial charge on any atom is 0.276 e. The minimum Gasteiger partial charge on any atom is -0.503 e. The highest BCUT2D eigenvalue weighted by molar-refractivity contribution is 5.99. The van der Waals surface area contributed by atoms with E-state index < -0.39 is 46.5 Å². The monoisotopic (exact) mass is 444 g/mol. The number of amides is 3. The average Bonchev–Trinajstić information content (AvgIpc) is 2.76. The third-order valence-electron chi connectivity index (χ3n) is 5.52. The van der Waals surface area contributed by atoms with Crippen LogP contribution in [0.3, 0.4) is 0 Å². The average molecular weight is 444 g/mol. The number of ether oxygens (including phenoxy) is 1. The summed E-state index contributed by atoms with van der Waals surface area (Å²) in [6.45, 7) is 2.45. The number of aromatic nitrogens is 1. The van der Waals surface area contributed by atoms with Gasteiger partial charge in [0.05, 0.1) is 19.6 Å². The Balaban J connectivity index is 1.51. The molecule has 1 fully saturated rings. The lowest BCUT2D eigenvalue weighted by molar-refractivity contribution is -0.121. The predicted molar refractivity (Wildman–Crippen MR) is 108 cm³/mol. The first-order valence-electron chi connectivity index (χ1n) is 10.0. The van der Waals surface area contributed by atoms with Gasteiger partial charge in [-0.3, -0.25) is 30.0 Å². The normalized spacial score (nSPS) is 19.7. The van der Waals surface area contributed by atoms with Crippen molar-refractivity contribution in [1.29, 1.82) is 0 Å².